The number of likely N-dealkylation sites (N-methyl/N-ethyl adjacent to an activating group) is 1. The smallest absolute Gasteiger partial charge is 0.239 e. The first kappa shape index (κ1) is 11.7. The van der Waals surface area contributed by atoms with Crippen LogP contribution in [0.4, 0.5) is 0 Å². The van der Waals surface area contributed by atoms with Crippen LogP contribution < -0.4 is 10.6 Å². The van der Waals surface area contributed by atoms with Crippen molar-refractivity contribution in [1.29, 1.82) is 0 Å². The SMILES string of the molecule is CNC(C)(C)C(=O)NCCn1ccnc1. The zero-order valence-corrected chi connectivity index (χ0v) is 9.45. The second kappa shape index (κ2) is 4.93. The minimum absolute atomic E-state index is 0.00474. The summed E-state index contributed by atoms with van der Waals surface area (Å²) in [6.07, 6.45) is 5.32. The second-order valence-electron chi connectivity index (χ2n) is 3.93. The summed E-state index contributed by atoms with van der Waals surface area (Å²) in [6.45, 7) is 5.05. The number of aromatic nitrogens is 2. The maximum atomic E-state index is 11.6. The normalized spacial score (nSPS) is 11.4. The zero-order chi connectivity index (χ0) is 11.3. The monoisotopic (exact) mass is 210 g/mol. The number of hydrogen-bond donors (Lipinski definition) is 2. The molecule has 0 unspecified atom stereocenters. The van der Waals surface area contributed by atoms with Gasteiger partial charge in [0.2, 0.25) is 5.91 Å². The highest BCUT2D eigenvalue weighted by molar-refractivity contribution is 5.85. The average Bonchev–Trinajstić information content (AvgIpc) is 2.70. The Bertz CT molecular complexity index is 305. The van der Waals surface area contributed by atoms with Crippen molar-refractivity contribution in [2.24, 2.45) is 0 Å². The van der Waals surface area contributed by atoms with Crippen molar-refractivity contribution in [1.82, 2.24) is 20.2 Å². The number of carbonyl (C=O) groups is 1. The van der Waals surface area contributed by atoms with Crippen molar-refractivity contribution in [3.05, 3.63) is 18.7 Å². The first-order chi connectivity index (χ1) is 7.06. The Morgan fingerprint density at radius 2 is 2.27 bits per heavy atom. The summed E-state index contributed by atoms with van der Waals surface area (Å²) in [5, 5.41) is 5.82. The van der Waals surface area contributed by atoms with Gasteiger partial charge < -0.3 is 15.2 Å². The highest BCUT2D eigenvalue weighted by Crippen LogP contribution is 1.99. The maximum absolute atomic E-state index is 11.6. The number of rotatable bonds is 5. The summed E-state index contributed by atoms with van der Waals surface area (Å²) < 4.78 is 1.92. The molecular weight excluding hydrogens is 192 g/mol. The highest BCUT2D eigenvalue weighted by atomic mass is 16.2. The van der Waals surface area contributed by atoms with Gasteiger partial charge in [-0.1, -0.05) is 0 Å². The fourth-order valence-electron chi connectivity index (χ4n) is 1.05. The largest absolute Gasteiger partial charge is 0.353 e. The predicted octanol–water partition coefficient (Wildman–Crippen LogP) is -0.00270. The molecule has 0 bridgehead atoms. The number of amides is 1. The Kier molecular flexibility index (Phi) is 3.85. The fraction of sp³-hybridized carbons (Fsp3) is 0.600. The molecule has 1 rings (SSSR count). The van der Waals surface area contributed by atoms with Crippen LogP contribution in [0.15, 0.2) is 18.7 Å². The van der Waals surface area contributed by atoms with Gasteiger partial charge in [-0.25, -0.2) is 4.98 Å². The molecule has 0 aromatic carbocycles. The van der Waals surface area contributed by atoms with Crippen molar-refractivity contribution in [2.75, 3.05) is 13.6 Å². The van der Waals surface area contributed by atoms with E-state index in [9.17, 15) is 4.79 Å². The van der Waals surface area contributed by atoms with Crippen molar-refractivity contribution in [3.63, 3.8) is 0 Å². The van der Waals surface area contributed by atoms with Crippen LogP contribution in [0, 0.1) is 0 Å². The lowest BCUT2D eigenvalue weighted by Gasteiger charge is -2.22. The molecule has 0 fully saturated rings. The van der Waals surface area contributed by atoms with Crippen LogP contribution in [0.2, 0.25) is 0 Å². The quantitative estimate of drug-likeness (QED) is 0.719. The third-order valence-electron chi connectivity index (χ3n) is 2.41. The molecule has 0 spiro atoms. The molecule has 0 aliphatic rings. The van der Waals surface area contributed by atoms with Crippen LogP contribution in [0.3, 0.4) is 0 Å². The molecule has 0 radical (unpaired) electrons. The summed E-state index contributed by atoms with van der Waals surface area (Å²) in [5.41, 5.74) is -0.519. The maximum Gasteiger partial charge on any atom is 0.239 e. The Morgan fingerprint density at radius 1 is 1.53 bits per heavy atom. The van der Waals surface area contributed by atoms with E-state index in [0.29, 0.717) is 6.54 Å². The average molecular weight is 210 g/mol. The van der Waals surface area contributed by atoms with Gasteiger partial charge in [-0.15, -0.1) is 0 Å². The molecule has 5 heteroatoms. The van der Waals surface area contributed by atoms with Gasteiger partial charge in [-0.05, 0) is 20.9 Å². The molecule has 1 aromatic rings. The number of nitrogens with one attached hydrogen (secondary N) is 2. The molecule has 1 heterocycles. The summed E-state index contributed by atoms with van der Waals surface area (Å²) >= 11 is 0. The van der Waals surface area contributed by atoms with E-state index < -0.39 is 5.54 Å². The van der Waals surface area contributed by atoms with Crippen molar-refractivity contribution >= 4 is 5.91 Å². The van der Waals surface area contributed by atoms with E-state index in [0.717, 1.165) is 6.54 Å². The van der Waals surface area contributed by atoms with Crippen molar-refractivity contribution in [2.45, 2.75) is 25.9 Å². The Hall–Kier alpha value is -1.36. The molecular formula is C10H18N4O. The molecule has 0 aliphatic heterocycles. The van der Waals surface area contributed by atoms with E-state index in [2.05, 4.69) is 15.6 Å². The second-order valence-corrected chi connectivity index (χ2v) is 3.93. The van der Waals surface area contributed by atoms with Crippen LogP contribution in [-0.4, -0.2) is 34.6 Å². The van der Waals surface area contributed by atoms with E-state index >= 15 is 0 Å². The van der Waals surface area contributed by atoms with E-state index in [1.807, 2.05) is 24.6 Å². The van der Waals surface area contributed by atoms with E-state index in [1.54, 1.807) is 19.6 Å². The van der Waals surface area contributed by atoms with Crippen molar-refractivity contribution < 1.29 is 4.79 Å². The fourth-order valence-corrected chi connectivity index (χ4v) is 1.05. The van der Waals surface area contributed by atoms with Crippen LogP contribution in [0.5, 0.6) is 0 Å². The van der Waals surface area contributed by atoms with Gasteiger partial charge >= 0.3 is 0 Å². The molecule has 0 saturated heterocycles. The number of carbonyl (C=O) groups excluding carboxylic acids is 1. The van der Waals surface area contributed by atoms with Gasteiger partial charge in [0, 0.05) is 25.5 Å². The lowest BCUT2D eigenvalue weighted by molar-refractivity contribution is -0.126. The Labute approximate surface area is 89.9 Å². The minimum Gasteiger partial charge on any atom is -0.353 e. The molecule has 0 saturated carbocycles. The van der Waals surface area contributed by atoms with Gasteiger partial charge in [0.05, 0.1) is 11.9 Å². The molecule has 1 amide bonds. The van der Waals surface area contributed by atoms with Gasteiger partial charge in [0.15, 0.2) is 0 Å². The minimum atomic E-state index is -0.519. The molecule has 5 nitrogen and oxygen atoms in total. The number of nitrogens with zero attached hydrogens (tertiary/aromatic N) is 2. The first-order valence-corrected chi connectivity index (χ1v) is 4.99. The zero-order valence-electron chi connectivity index (χ0n) is 9.45. The van der Waals surface area contributed by atoms with E-state index in [-0.39, 0.29) is 5.91 Å². The Balaban J connectivity index is 2.29. The summed E-state index contributed by atoms with van der Waals surface area (Å²) in [4.78, 5) is 15.5. The molecule has 84 valence electrons. The Morgan fingerprint density at radius 3 is 2.80 bits per heavy atom. The molecule has 1 aromatic heterocycles. The van der Waals surface area contributed by atoms with Crippen LogP contribution in [0.25, 0.3) is 0 Å². The third-order valence-corrected chi connectivity index (χ3v) is 2.41. The molecule has 15 heavy (non-hydrogen) atoms. The highest BCUT2D eigenvalue weighted by Gasteiger charge is 2.24. The standard InChI is InChI=1S/C10H18N4O/c1-10(2,11-3)9(15)13-5-7-14-6-4-12-8-14/h4,6,8,11H,5,7H2,1-3H3,(H,13,15). The number of imidazole rings is 1. The van der Waals surface area contributed by atoms with Gasteiger partial charge in [0.1, 0.15) is 0 Å². The topological polar surface area (TPSA) is 59.0 Å². The van der Waals surface area contributed by atoms with Crippen LogP contribution in [0.1, 0.15) is 13.8 Å². The van der Waals surface area contributed by atoms with Crippen molar-refractivity contribution in [3.8, 4) is 0 Å². The summed E-state index contributed by atoms with van der Waals surface area (Å²) in [7, 11) is 1.77. The molecule has 0 aliphatic carbocycles. The van der Waals surface area contributed by atoms with Gasteiger partial charge in [0.25, 0.3) is 0 Å². The molecule has 2 N–H and O–H groups in total. The number of hydrogen-bond acceptors (Lipinski definition) is 3. The van der Waals surface area contributed by atoms with Crippen LogP contribution in [-0.2, 0) is 11.3 Å². The first-order valence-electron chi connectivity index (χ1n) is 4.99. The third kappa shape index (κ3) is 3.36. The predicted molar refractivity (Wildman–Crippen MR) is 58.4 cm³/mol. The van der Waals surface area contributed by atoms with Gasteiger partial charge in [-0.2, -0.15) is 0 Å². The van der Waals surface area contributed by atoms with E-state index in [1.165, 1.54) is 0 Å². The lowest BCUT2D eigenvalue weighted by atomic mass is 10.1. The van der Waals surface area contributed by atoms with Gasteiger partial charge in [-0.3, -0.25) is 4.79 Å². The van der Waals surface area contributed by atoms with E-state index in [4.69, 9.17) is 0 Å². The lowest BCUT2D eigenvalue weighted by Crippen LogP contribution is -2.51. The molecule has 0 atom stereocenters. The van der Waals surface area contributed by atoms with Crippen LogP contribution >= 0.6 is 0 Å². The summed E-state index contributed by atoms with van der Waals surface area (Å²) in [6, 6.07) is 0. The summed E-state index contributed by atoms with van der Waals surface area (Å²) in [5.74, 6) is 0.00474.